The predicted molar refractivity (Wildman–Crippen MR) is 77.0 cm³/mol. The maximum Gasteiger partial charge on any atom is 0.310 e. The van der Waals surface area contributed by atoms with E-state index in [4.69, 9.17) is 9.47 Å². The van der Waals surface area contributed by atoms with Crippen molar-refractivity contribution < 1.29 is 19.1 Å². The summed E-state index contributed by atoms with van der Waals surface area (Å²) in [5.41, 5.74) is 0. The molecule has 20 heavy (non-hydrogen) atoms. The third-order valence-corrected chi connectivity index (χ3v) is 4.13. The molecule has 0 aromatic carbocycles. The van der Waals surface area contributed by atoms with Crippen LogP contribution in [-0.2, 0) is 19.1 Å². The van der Waals surface area contributed by atoms with Gasteiger partial charge in [-0.15, -0.1) is 0 Å². The molecule has 1 aliphatic rings. The Kier molecular flexibility index (Phi) is 7.03. The standard InChI is InChI=1S/C16H28O4/c1-5-9-19-15(17)13-11(3)7-8-12(4)14(13)16(18)20-10-6-2/h11-14H,5-10H2,1-4H3. The minimum absolute atomic E-state index is 0.176. The highest BCUT2D eigenvalue weighted by molar-refractivity contribution is 5.82. The van der Waals surface area contributed by atoms with Gasteiger partial charge in [-0.1, -0.05) is 27.7 Å². The van der Waals surface area contributed by atoms with Crippen molar-refractivity contribution in [1.82, 2.24) is 0 Å². The van der Waals surface area contributed by atoms with Crippen LogP contribution < -0.4 is 0 Å². The number of ether oxygens (including phenoxy) is 2. The van der Waals surface area contributed by atoms with Crippen LogP contribution in [0.3, 0.4) is 0 Å². The largest absolute Gasteiger partial charge is 0.465 e. The highest BCUT2D eigenvalue weighted by Crippen LogP contribution is 2.40. The summed E-state index contributed by atoms with van der Waals surface area (Å²) in [7, 11) is 0. The van der Waals surface area contributed by atoms with Gasteiger partial charge in [0, 0.05) is 0 Å². The van der Waals surface area contributed by atoms with E-state index in [0.29, 0.717) is 13.2 Å². The van der Waals surface area contributed by atoms with Crippen LogP contribution in [-0.4, -0.2) is 25.2 Å². The number of rotatable bonds is 6. The molecule has 0 bridgehead atoms. The fourth-order valence-corrected chi connectivity index (χ4v) is 2.95. The average molecular weight is 284 g/mol. The Hall–Kier alpha value is -1.06. The molecule has 0 spiro atoms. The minimum Gasteiger partial charge on any atom is -0.465 e. The molecule has 0 heterocycles. The number of hydrogen-bond donors (Lipinski definition) is 0. The third kappa shape index (κ3) is 4.22. The molecule has 4 heteroatoms. The van der Waals surface area contributed by atoms with Crippen molar-refractivity contribution in [2.24, 2.45) is 23.7 Å². The van der Waals surface area contributed by atoms with Crippen molar-refractivity contribution in [2.75, 3.05) is 13.2 Å². The molecule has 0 aromatic heterocycles. The average Bonchev–Trinajstić information content (AvgIpc) is 2.44. The molecule has 1 aliphatic carbocycles. The van der Waals surface area contributed by atoms with E-state index in [0.717, 1.165) is 25.7 Å². The van der Waals surface area contributed by atoms with Crippen LogP contribution in [0, 0.1) is 23.7 Å². The van der Waals surface area contributed by atoms with Gasteiger partial charge in [-0.05, 0) is 37.5 Å². The summed E-state index contributed by atoms with van der Waals surface area (Å²) >= 11 is 0. The van der Waals surface area contributed by atoms with Crippen LogP contribution in [0.25, 0.3) is 0 Å². The van der Waals surface area contributed by atoms with E-state index >= 15 is 0 Å². The topological polar surface area (TPSA) is 52.6 Å². The Morgan fingerprint density at radius 3 is 1.50 bits per heavy atom. The van der Waals surface area contributed by atoms with Crippen molar-refractivity contribution in [2.45, 2.75) is 53.4 Å². The zero-order valence-electron chi connectivity index (χ0n) is 13.2. The van der Waals surface area contributed by atoms with Crippen LogP contribution in [0.4, 0.5) is 0 Å². The highest BCUT2D eigenvalue weighted by Gasteiger charge is 2.45. The Labute approximate surface area is 122 Å². The Morgan fingerprint density at radius 1 is 0.850 bits per heavy atom. The van der Waals surface area contributed by atoms with Gasteiger partial charge in [0.15, 0.2) is 0 Å². The second-order valence-corrected chi connectivity index (χ2v) is 5.92. The Balaban J connectivity index is 2.81. The molecule has 1 fully saturated rings. The fourth-order valence-electron chi connectivity index (χ4n) is 2.95. The SMILES string of the molecule is CCCOC(=O)C1C(C)CCC(C)C1C(=O)OCCC. The first kappa shape index (κ1) is 17.0. The summed E-state index contributed by atoms with van der Waals surface area (Å²) in [5, 5.41) is 0. The van der Waals surface area contributed by atoms with Crippen LogP contribution in [0.1, 0.15) is 53.4 Å². The van der Waals surface area contributed by atoms with Crippen molar-refractivity contribution in [1.29, 1.82) is 0 Å². The number of hydrogen-bond acceptors (Lipinski definition) is 4. The number of carbonyl (C=O) groups is 2. The summed E-state index contributed by atoms with van der Waals surface area (Å²) in [5.74, 6) is -0.817. The molecule has 1 saturated carbocycles. The van der Waals surface area contributed by atoms with E-state index in [1.165, 1.54) is 0 Å². The molecule has 0 radical (unpaired) electrons. The first-order valence-corrected chi connectivity index (χ1v) is 7.86. The van der Waals surface area contributed by atoms with Crippen LogP contribution >= 0.6 is 0 Å². The lowest BCUT2D eigenvalue weighted by molar-refractivity contribution is -0.168. The third-order valence-electron chi connectivity index (χ3n) is 4.13. The van der Waals surface area contributed by atoms with E-state index < -0.39 is 0 Å². The van der Waals surface area contributed by atoms with Gasteiger partial charge in [-0.25, -0.2) is 0 Å². The quantitative estimate of drug-likeness (QED) is 0.703. The Bertz CT molecular complexity index is 294. The molecule has 4 atom stereocenters. The van der Waals surface area contributed by atoms with Crippen molar-refractivity contribution in [3.05, 3.63) is 0 Å². The summed E-state index contributed by atoms with van der Waals surface area (Å²) in [6.45, 7) is 8.84. The molecule has 0 aliphatic heterocycles. The molecule has 1 rings (SSSR count). The minimum atomic E-state index is -0.352. The first-order valence-electron chi connectivity index (χ1n) is 7.86. The van der Waals surface area contributed by atoms with E-state index in [9.17, 15) is 9.59 Å². The molecule has 0 aromatic rings. The molecule has 0 saturated heterocycles. The second-order valence-electron chi connectivity index (χ2n) is 5.92. The van der Waals surface area contributed by atoms with Gasteiger partial charge in [0.2, 0.25) is 0 Å². The van der Waals surface area contributed by atoms with Crippen molar-refractivity contribution >= 4 is 11.9 Å². The van der Waals surface area contributed by atoms with Gasteiger partial charge in [0.1, 0.15) is 0 Å². The van der Waals surface area contributed by atoms with Crippen molar-refractivity contribution in [3.8, 4) is 0 Å². The molecular formula is C16H28O4. The van der Waals surface area contributed by atoms with E-state index in [-0.39, 0.29) is 35.6 Å². The number of carbonyl (C=O) groups excluding carboxylic acids is 2. The van der Waals surface area contributed by atoms with Gasteiger partial charge in [0.05, 0.1) is 25.0 Å². The van der Waals surface area contributed by atoms with Gasteiger partial charge in [0.25, 0.3) is 0 Å². The zero-order chi connectivity index (χ0) is 15.1. The lowest BCUT2D eigenvalue weighted by Gasteiger charge is -2.37. The van der Waals surface area contributed by atoms with Gasteiger partial charge < -0.3 is 9.47 Å². The molecule has 4 unspecified atom stereocenters. The summed E-state index contributed by atoms with van der Waals surface area (Å²) in [6.07, 6.45) is 3.52. The number of esters is 2. The van der Waals surface area contributed by atoms with E-state index in [1.807, 2.05) is 27.7 Å². The van der Waals surface area contributed by atoms with E-state index in [2.05, 4.69) is 0 Å². The maximum atomic E-state index is 12.3. The summed E-state index contributed by atoms with van der Waals surface area (Å²) in [6, 6.07) is 0. The van der Waals surface area contributed by atoms with E-state index in [1.54, 1.807) is 0 Å². The molecule has 0 N–H and O–H groups in total. The fraction of sp³-hybridized carbons (Fsp3) is 0.875. The molecule has 4 nitrogen and oxygen atoms in total. The smallest absolute Gasteiger partial charge is 0.310 e. The first-order chi connectivity index (χ1) is 9.52. The normalized spacial score (nSPS) is 29.8. The van der Waals surface area contributed by atoms with Gasteiger partial charge >= 0.3 is 11.9 Å². The van der Waals surface area contributed by atoms with Gasteiger partial charge in [-0.3, -0.25) is 9.59 Å². The van der Waals surface area contributed by atoms with Gasteiger partial charge in [-0.2, -0.15) is 0 Å². The predicted octanol–water partition coefficient (Wildman–Crippen LogP) is 3.19. The summed E-state index contributed by atoms with van der Waals surface area (Å²) < 4.78 is 10.6. The molecule has 116 valence electrons. The maximum absolute atomic E-state index is 12.3. The highest BCUT2D eigenvalue weighted by atomic mass is 16.5. The molecular weight excluding hydrogens is 256 g/mol. The summed E-state index contributed by atoms with van der Waals surface area (Å²) in [4.78, 5) is 24.5. The zero-order valence-corrected chi connectivity index (χ0v) is 13.2. The second kappa shape index (κ2) is 8.28. The van der Waals surface area contributed by atoms with Crippen molar-refractivity contribution in [3.63, 3.8) is 0 Å². The lowest BCUT2D eigenvalue weighted by atomic mass is 9.67. The van der Waals surface area contributed by atoms with Crippen LogP contribution in [0.2, 0.25) is 0 Å². The van der Waals surface area contributed by atoms with Crippen LogP contribution in [0.5, 0.6) is 0 Å². The molecule has 0 amide bonds. The van der Waals surface area contributed by atoms with Crippen LogP contribution in [0.15, 0.2) is 0 Å². The Morgan fingerprint density at radius 2 is 1.20 bits per heavy atom. The lowest BCUT2D eigenvalue weighted by Crippen LogP contribution is -2.43. The monoisotopic (exact) mass is 284 g/mol.